The molecule has 1 atom stereocenters. The lowest BCUT2D eigenvalue weighted by atomic mass is 10.0. The van der Waals surface area contributed by atoms with E-state index in [-0.39, 0.29) is 12.0 Å². The summed E-state index contributed by atoms with van der Waals surface area (Å²) in [6.07, 6.45) is 6.47. The van der Waals surface area contributed by atoms with Crippen LogP contribution >= 0.6 is 0 Å². The molecule has 1 unspecified atom stereocenters. The third-order valence-electron chi connectivity index (χ3n) is 6.43. The highest BCUT2D eigenvalue weighted by Crippen LogP contribution is 2.29. The minimum Gasteiger partial charge on any atom is -0.497 e. The largest absolute Gasteiger partial charge is 0.497 e. The topological polar surface area (TPSA) is 50.8 Å². The first-order chi connectivity index (χ1) is 15.1. The van der Waals surface area contributed by atoms with Crippen LogP contribution in [0, 0.1) is 0 Å². The normalized spacial score (nSPS) is 18.4. The van der Waals surface area contributed by atoms with Gasteiger partial charge in [0.2, 0.25) is 0 Å². The van der Waals surface area contributed by atoms with Gasteiger partial charge >= 0.3 is 0 Å². The molecular weight excluding hydrogens is 388 g/mol. The number of benzene rings is 2. The van der Waals surface area contributed by atoms with E-state index in [1.54, 1.807) is 7.11 Å². The third kappa shape index (κ3) is 6.01. The molecule has 4 rings (SSSR count). The summed E-state index contributed by atoms with van der Waals surface area (Å²) >= 11 is 0. The van der Waals surface area contributed by atoms with Gasteiger partial charge in [-0.25, -0.2) is 0 Å². The van der Waals surface area contributed by atoms with E-state index >= 15 is 0 Å². The molecule has 31 heavy (non-hydrogen) atoms. The number of hydrogen-bond donors (Lipinski definition) is 1. The van der Waals surface area contributed by atoms with E-state index in [4.69, 9.17) is 9.47 Å². The van der Waals surface area contributed by atoms with Gasteiger partial charge in [0.15, 0.2) is 0 Å². The Balaban J connectivity index is 1.31. The number of likely N-dealkylation sites (tertiary alicyclic amines) is 1. The van der Waals surface area contributed by atoms with E-state index in [1.807, 2.05) is 18.2 Å². The minimum atomic E-state index is -0.0490. The molecular formula is C26H34N2O3. The molecule has 166 valence electrons. The van der Waals surface area contributed by atoms with Crippen molar-refractivity contribution in [3.05, 3.63) is 59.7 Å². The molecule has 2 aromatic rings. The molecule has 0 spiro atoms. The van der Waals surface area contributed by atoms with Crippen molar-refractivity contribution in [1.82, 2.24) is 10.2 Å². The number of nitrogens with one attached hydrogen (secondary N) is 1. The van der Waals surface area contributed by atoms with Gasteiger partial charge in [0.05, 0.1) is 12.7 Å². The average Bonchev–Trinajstić information content (AvgIpc) is 3.62. The molecule has 1 N–H and O–H groups in total. The molecule has 2 aromatic carbocycles. The van der Waals surface area contributed by atoms with Crippen LogP contribution < -0.4 is 14.8 Å². The highest BCUT2D eigenvalue weighted by atomic mass is 16.5. The summed E-state index contributed by atoms with van der Waals surface area (Å²) in [5, 5.41) is 3.07. The van der Waals surface area contributed by atoms with Gasteiger partial charge in [-0.1, -0.05) is 30.3 Å². The Morgan fingerprint density at radius 1 is 1.10 bits per heavy atom. The molecule has 1 amide bonds. The third-order valence-corrected chi connectivity index (χ3v) is 6.43. The van der Waals surface area contributed by atoms with E-state index < -0.39 is 0 Å². The van der Waals surface area contributed by atoms with Crippen LogP contribution in [0.15, 0.2) is 48.5 Å². The van der Waals surface area contributed by atoms with Crippen molar-refractivity contribution in [1.29, 1.82) is 0 Å². The Kier molecular flexibility index (Phi) is 7.13. The van der Waals surface area contributed by atoms with E-state index in [0.717, 1.165) is 51.6 Å². The predicted molar refractivity (Wildman–Crippen MR) is 123 cm³/mol. The van der Waals surface area contributed by atoms with Gasteiger partial charge < -0.3 is 19.7 Å². The number of carbonyl (C=O) groups is 1. The van der Waals surface area contributed by atoms with Gasteiger partial charge in [-0.2, -0.15) is 0 Å². The molecule has 2 aliphatic rings. The number of piperidine rings is 1. The molecule has 5 nitrogen and oxygen atoms in total. The molecule has 0 aromatic heterocycles. The van der Waals surface area contributed by atoms with Crippen LogP contribution in [0.2, 0.25) is 0 Å². The fourth-order valence-electron chi connectivity index (χ4n) is 4.22. The summed E-state index contributed by atoms with van der Waals surface area (Å²) in [6, 6.07) is 17.1. The van der Waals surface area contributed by atoms with E-state index in [2.05, 4.69) is 47.5 Å². The highest BCUT2D eigenvalue weighted by Gasteiger charge is 2.28. The average molecular weight is 423 g/mol. The van der Waals surface area contributed by atoms with Crippen molar-refractivity contribution >= 4 is 5.91 Å². The molecule has 1 saturated heterocycles. The van der Waals surface area contributed by atoms with Gasteiger partial charge in [0, 0.05) is 31.2 Å². The van der Waals surface area contributed by atoms with Gasteiger partial charge in [-0.3, -0.25) is 4.79 Å². The first-order valence-electron chi connectivity index (χ1n) is 11.6. The maximum absolute atomic E-state index is 12.6. The van der Waals surface area contributed by atoms with Gasteiger partial charge in [0.1, 0.15) is 17.6 Å². The number of amides is 1. The standard InChI is InChI=1S/C26H34N2O3/c1-19(8-9-20-6-4-3-5-7-20)28-16-14-22(15-17-28)31-25-18-23(30-2)12-13-24(25)26(29)27-21-10-11-21/h3-7,12-13,18-19,21-22H,8-11,14-17H2,1-2H3,(H,27,29). The summed E-state index contributed by atoms with van der Waals surface area (Å²) < 4.78 is 11.7. The predicted octanol–water partition coefficient (Wildman–Crippen LogP) is 4.45. The summed E-state index contributed by atoms with van der Waals surface area (Å²) in [4.78, 5) is 15.2. The maximum atomic E-state index is 12.6. The molecule has 0 bridgehead atoms. The van der Waals surface area contributed by atoms with Crippen molar-refractivity contribution in [2.45, 2.75) is 63.6 Å². The van der Waals surface area contributed by atoms with E-state index in [1.165, 1.54) is 5.56 Å². The molecule has 2 fully saturated rings. The van der Waals surface area contributed by atoms with Gasteiger partial charge in [-0.15, -0.1) is 0 Å². The van der Waals surface area contributed by atoms with Crippen LogP contribution in [0.5, 0.6) is 11.5 Å². The lowest BCUT2D eigenvalue weighted by Crippen LogP contribution is -2.43. The van der Waals surface area contributed by atoms with E-state index in [9.17, 15) is 4.79 Å². The van der Waals surface area contributed by atoms with Crippen molar-refractivity contribution in [2.24, 2.45) is 0 Å². The first kappa shape index (κ1) is 21.7. The Labute approximate surface area is 185 Å². The molecule has 1 aliphatic heterocycles. The monoisotopic (exact) mass is 422 g/mol. The number of nitrogens with zero attached hydrogens (tertiary/aromatic N) is 1. The Bertz CT molecular complexity index is 858. The van der Waals surface area contributed by atoms with Crippen molar-refractivity contribution in [3.8, 4) is 11.5 Å². The second-order valence-corrected chi connectivity index (χ2v) is 8.84. The lowest BCUT2D eigenvalue weighted by Gasteiger charge is -2.36. The quantitative estimate of drug-likeness (QED) is 0.649. The van der Waals surface area contributed by atoms with Crippen LogP contribution in [-0.4, -0.2) is 49.2 Å². The Hall–Kier alpha value is -2.53. The first-order valence-corrected chi connectivity index (χ1v) is 11.6. The van der Waals surface area contributed by atoms with Crippen molar-refractivity contribution < 1.29 is 14.3 Å². The van der Waals surface area contributed by atoms with Gasteiger partial charge in [0.25, 0.3) is 5.91 Å². The zero-order valence-corrected chi connectivity index (χ0v) is 18.7. The van der Waals surface area contributed by atoms with Crippen molar-refractivity contribution in [3.63, 3.8) is 0 Å². The summed E-state index contributed by atoms with van der Waals surface area (Å²) in [7, 11) is 1.64. The summed E-state index contributed by atoms with van der Waals surface area (Å²) in [6.45, 7) is 4.37. The van der Waals surface area contributed by atoms with Crippen LogP contribution in [0.4, 0.5) is 0 Å². The van der Waals surface area contributed by atoms with Crippen LogP contribution in [0.1, 0.15) is 54.9 Å². The summed E-state index contributed by atoms with van der Waals surface area (Å²) in [5.41, 5.74) is 2.01. The molecule has 1 heterocycles. The van der Waals surface area contributed by atoms with Crippen LogP contribution in [0.25, 0.3) is 0 Å². The Morgan fingerprint density at radius 3 is 2.52 bits per heavy atom. The SMILES string of the molecule is COc1ccc(C(=O)NC2CC2)c(OC2CCN(C(C)CCc3ccccc3)CC2)c1. The molecule has 5 heteroatoms. The fraction of sp³-hybridized carbons (Fsp3) is 0.500. The maximum Gasteiger partial charge on any atom is 0.255 e. The van der Waals surface area contributed by atoms with Crippen LogP contribution in [-0.2, 0) is 6.42 Å². The molecule has 1 saturated carbocycles. The number of ether oxygens (including phenoxy) is 2. The molecule has 0 radical (unpaired) electrons. The van der Waals surface area contributed by atoms with Crippen LogP contribution in [0.3, 0.4) is 0 Å². The van der Waals surface area contributed by atoms with Crippen molar-refractivity contribution in [2.75, 3.05) is 20.2 Å². The zero-order chi connectivity index (χ0) is 21.6. The van der Waals surface area contributed by atoms with E-state index in [0.29, 0.717) is 29.1 Å². The minimum absolute atomic E-state index is 0.0490. The number of rotatable bonds is 9. The number of hydrogen-bond acceptors (Lipinski definition) is 4. The second-order valence-electron chi connectivity index (χ2n) is 8.84. The molecule has 1 aliphatic carbocycles. The smallest absolute Gasteiger partial charge is 0.255 e. The second kappa shape index (κ2) is 10.2. The Morgan fingerprint density at radius 2 is 1.84 bits per heavy atom. The number of carbonyl (C=O) groups excluding carboxylic acids is 1. The zero-order valence-electron chi connectivity index (χ0n) is 18.7. The van der Waals surface area contributed by atoms with Gasteiger partial charge in [-0.05, 0) is 63.1 Å². The number of aryl methyl sites for hydroxylation is 1. The fourth-order valence-corrected chi connectivity index (χ4v) is 4.22. The number of methoxy groups -OCH3 is 1. The summed E-state index contributed by atoms with van der Waals surface area (Å²) in [5.74, 6) is 1.30. The lowest BCUT2D eigenvalue weighted by molar-refractivity contribution is 0.0756. The highest BCUT2D eigenvalue weighted by molar-refractivity contribution is 5.97.